The molecule has 1 atom stereocenters. The van der Waals surface area contributed by atoms with Crippen LogP contribution in [0.1, 0.15) is 12.8 Å². The summed E-state index contributed by atoms with van der Waals surface area (Å²) in [5.74, 6) is 0.572. The highest BCUT2D eigenvalue weighted by Gasteiger charge is 2.26. The number of hydrogen-bond acceptors (Lipinski definition) is 4. The molecule has 2 N–H and O–H groups in total. The molecule has 0 bridgehead atoms. The molecule has 0 amide bonds. The first-order valence-electron chi connectivity index (χ1n) is 4.19. The maximum atomic E-state index is 11.0. The van der Waals surface area contributed by atoms with Gasteiger partial charge in [0.1, 0.15) is 0 Å². The van der Waals surface area contributed by atoms with Crippen LogP contribution < -0.4 is 5.32 Å². The van der Waals surface area contributed by atoms with Crippen LogP contribution in [0.15, 0.2) is 0 Å². The van der Waals surface area contributed by atoms with E-state index in [1.807, 2.05) is 0 Å². The van der Waals surface area contributed by atoms with Gasteiger partial charge < -0.3 is 10.4 Å². The molecule has 1 fully saturated rings. The third kappa shape index (κ3) is 3.08. The van der Waals surface area contributed by atoms with E-state index in [9.17, 15) is 8.42 Å². The quantitative estimate of drug-likeness (QED) is 0.570. The third-order valence-electron chi connectivity index (χ3n) is 2.00. The fourth-order valence-electron chi connectivity index (χ4n) is 1.34. The van der Waals surface area contributed by atoms with Crippen molar-refractivity contribution < 1.29 is 13.5 Å². The Morgan fingerprint density at radius 3 is 2.75 bits per heavy atom. The average Bonchev–Trinajstić information content (AvgIpc) is 2.31. The highest BCUT2D eigenvalue weighted by Crippen LogP contribution is 2.10. The van der Waals surface area contributed by atoms with E-state index >= 15 is 0 Å². The van der Waals surface area contributed by atoms with Crippen LogP contribution in [0.25, 0.3) is 0 Å². The van der Waals surface area contributed by atoms with Gasteiger partial charge in [-0.25, -0.2) is 8.42 Å². The van der Waals surface area contributed by atoms with Crippen molar-refractivity contribution in [2.24, 2.45) is 0 Å². The van der Waals surface area contributed by atoms with Crippen LogP contribution in [0.5, 0.6) is 0 Å². The smallest absolute Gasteiger partial charge is 0.151 e. The molecular weight excluding hydrogens is 178 g/mol. The van der Waals surface area contributed by atoms with Gasteiger partial charge in [0.05, 0.1) is 11.5 Å². The van der Waals surface area contributed by atoms with E-state index in [1.54, 1.807) is 0 Å². The Kier molecular flexibility index (Phi) is 3.49. The Labute approximate surface area is 72.9 Å². The van der Waals surface area contributed by atoms with E-state index in [0.717, 1.165) is 0 Å². The predicted octanol–water partition coefficient (Wildman–Crippen LogP) is -0.854. The standard InChI is InChI=1S/C7H15NO3S/c9-4-1-3-8-7-2-5-12(10,11)6-7/h7-9H,1-6H2/t7-/m0/s1. The lowest BCUT2D eigenvalue weighted by molar-refractivity contribution is 0.284. The summed E-state index contributed by atoms with van der Waals surface area (Å²) in [5, 5.41) is 11.6. The monoisotopic (exact) mass is 193 g/mol. The maximum absolute atomic E-state index is 11.0. The zero-order valence-electron chi connectivity index (χ0n) is 6.99. The molecule has 4 nitrogen and oxygen atoms in total. The normalized spacial score (nSPS) is 27.6. The van der Waals surface area contributed by atoms with E-state index in [-0.39, 0.29) is 18.4 Å². The molecule has 0 saturated carbocycles. The van der Waals surface area contributed by atoms with Gasteiger partial charge in [-0.3, -0.25) is 0 Å². The van der Waals surface area contributed by atoms with Gasteiger partial charge >= 0.3 is 0 Å². The van der Waals surface area contributed by atoms with Gasteiger partial charge in [0.15, 0.2) is 9.84 Å². The highest BCUT2D eigenvalue weighted by atomic mass is 32.2. The molecule has 12 heavy (non-hydrogen) atoms. The highest BCUT2D eigenvalue weighted by molar-refractivity contribution is 7.91. The molecule has 5 heteroatoms. The van der Waals surface area contributed by atoms with Crippen molar-refractivity contribution in [1.29, 1.82) is 0 Å². The van der Waals surface area contributed by atoms with Crippen LogP contribution in [0, 0.1) is 0 Å². The Morgan fingerprint density at radius 1 is 1.50 bits per heavy atom. The van der Waals surface area contributed by atoms with Gasteiger partial charge in [0, 0.05) is 12.6 Å². The summed E-state index contributed by atoms with van der Waals surface area (Å²) in [5.41, 5.74) is 0. The minimum atomic E-state index is -2.76. The van der Waals surface area contributed by atoms with Crippen LogP contribution >= 0.6 is 0 Å². The van der Waals surface area contributed by atoms with Crippen LogP contribution in [0.3, 0.4) is 0 Å². The van der Waals surface area contributed by atoms with Gasteiger partial charge in [-0.15, -0.1) is 0 Å². The van der Waals surface area contributed by atoms with Crippen molar-refractivity contribution in [3.05, 3.63) is 0 Å². The van der Waals surface area contributed by atoms with Crippen molar-refractivity contribution in [2.75, 3.05) is 24.7 Å². The van der Waals surface area contributed by atoms with Crippen LogP contribution in [-0.4, -0.2) is 44.2 Å². The number of hydrogen-bond donors (Lipinski definition) is 2. The summed E-state index contributed by atoms with van der Waals surface area (Å²) in [6, 6.07) is 0.113. The minimum Gasteiger partial charge on any atom is -0.396 e. The maximum Gasteiger partial charge on any atom is 0.151 e. The summed E-state index contributed by atoms with van der Waals surface area (Å²) in [7, 11) is -2.76. The first-order valence-corrected chi connectivity index (χ1v) is 6.01. The van der Waals surface area contributed by atoms with Crippen LogP contribution in [0.4, 0.5) is 0 Å². The van der Waals surface area contributed by atoms with E-state index in [0.29, 0.717) is 25.1 Å². The van der Waals surface area contributed by atoms with E-state index in [2.05, 4.69) is 5.32 Å². The molecule has 1 aliphatic rings. The fraction of sp³-hybridized carbons (Fsp3) is 1.00. The SMILES string of the molecule is O=S1(=O)CC[C@H](NCCCO)C1. The predicted molar refractivity (Wildman–Crippen MR) is 46.8 cm³/mol. The largest absolute Gasteiger partial charge is 0.396 e. The van der Waals surface area contributed by atoms with Gasteiger partial charge in [-0.05, 0) is 19.4 Å². The molecule has 1 heterocycles. The third-order valence-corrected chi connectivity index (χ3v) is 3.77. The second-order valence-electron chi connectivity index (χ2n) is 3.13. The Morgan fingerprint density at radius 2 is 2.25 bits per heavy atom. The van der Waals surface area contributed by atoms with Crippen molar-refractivity contribution in [1.82, 2.24) is 5.32 Å². The second-order valence-corrected chi connectivity index (χ2v) is 5.36. The zero-order chi connectivity index (χ0) is 9.03. The summed E-state index contributed by atoms with van der Waals surface area (Å²) < 4.78 is 22.0. The topological polar surface area (TPSA) is 66.4 Å². The number of aliphatic hydroxyl groups excluding tert-OH is 1. The Balaban J connectivity index is 2.20. The molecule has 0 aromatic rings. The van der Waals surface area contributed by atoms with Gasteiger partial charge in [-0.1, -0.05) is 0 Å². The lowest BCUT2D eigenvalue weighted by atomic mass is 10.2. The van der Waals surface area contributed by atoms with Crippen LogP contribution in [0.2, 0.25) is 0 Å². The molecule has 1 rings (SSSR count). The lowest BCUT2D eigenvalue weighted by Crippen LogP contribution is -2.31. The number of aliphatic hydroxyl groups is 1. The lowest BCUT2D eigenvalue weighted by Gasteiger charge is -2.08. The molecule has 0 radical (unpaired) electrons. The molecule has 1 aliphatic heterocycles. The van der Waals surface area contributed by atoms with E-state index in [4.69, 9.17) is 5.11 Å². The average molecular weight is 193 g/mol. The zero-order valence-corrected chi connectivity index (χ0v) is 7.81. The molecule has 0 unspecified atom stereocenters. The van der Waals surface area contributed by atoms with E-state index in [1.165, 1.54) is 0 Å². The van der Waals surface area contributed by atoms with Gasteiger partial charge in [0.2, 0.25) is 0 Å². The van der Waals surface area contributed by atoms with Crippen molar-refractivity contribution >= 4 is 9.84 Å². The molecular formula is C7H15NO3S. The molecule has 0 aromatic heterocycles. The molecule has 72 valence electrons. The summed E-state index contributed by atoms with van der Waals surface area (Å²) in [6.45, 7) is 0.864. The molecule has 1 saturated heterocycles. The number of sulfone groups is 1. The van der Waals surface area contributed by atoms with Crippen molar-refractivity contribution in [2.45, 2.75) is 18.9 Å². The van der Waals surface area contributed by atoms with E-state index < -0.39 is 9.84 Å². The minimum absolute atomic E-state index is 0.113. The summed E-state index contributed by atoms with van der Waals surface area (Å²) in [4.78, 5) is 0. The van der Waals surface area contributed by atoms with Crippen molar-refractivity contribution in [3.63, 3.8) is 0 Å². The molecule has 0 spiro atoms. The van der Waals surface area contributed by atoms with Gasteiger partial charge in [-0.2, -0.15) is 0 Å². The molecule has 0 aromatic carbocycles. The Hall–Kier alpha value is -0.130. The van der Waals surface area contributed by atoms with Gasteiger partial charge in [0.25, 0.3) is 0 Å². The summed E-state index contributed by atoms with van der Waals surface area (Å²) in [6.07, 6.45) is 1.41. The first-order chi connectivity index (χ1) is 5.64. The Bertz CT molecular complexity index is 225. The van der Waals surface area contributed by atoms with Crippen LogP contribution in [-0.2, 0) is 9.84 Å². The van der Waals surface area contributed by atoms with Crippen molar-refractivity contribution in [3.8, 4) is 0 Å². The fourth-order valence-corrected chi connectivity index (χ4v) is 3.05. The summed E-state index contributed by atoms with van der Waals surface area (Å²) >= 11 is 0. The first kappa shape index (κ1) is 9.95. The number of rotatable bonds is 4. The molecule has 0 aliphatic carbocycles. The number of nitrogens with one attached hydrogen (secondary N) is 1. The second kappa shape index (κ2) is 4.20.